The molecule has 172 valence electrons. The molecule has 31 heavy (non-hydrogen) atoms. The Hall–Kier alpha value is -3.10. The summed E-state index contributed by atoms with van der Waals surface area (Å²) in [5.74, 6) is -1.93. The van der Waals surface area contributed by atoms with E-state index in [1.807, 2.05) is 30.3 Å². The van der Waals surface area contributed by atoms with Crippen molar-refractivity contribution in [1.29, 1.82) is 0 Å². The van der Waals surface area contributed by atoms with Gasteiger partial charge in [-0.05, 0) is 24.8 Å². The van der Waals surface area contributed by atoms with Crippen LogP contribution >= 0.6 is 0 Å². The Kier molecular flexibility index (Phi) is 12.4. The Bertz CT molecular complexity index is 709. The number of nitrogens with one attached hydrogen (secondary N) is 2. The van der Waals surface area contributed by atoms with Gasteiger partial charge in [0.2, 0.25) is 5.91 Å². The number of unbranched alkanes of at least 4 members (excludes halogenated alkanes) is 2. The van der Waals surface area contributed by atoms with Crippen LogP contribution in [0.25, 0.3) is 0 Å². The van der Waals surface area contributed by atoms with Crippen molar-refractivity contribution in [2.24, 2.45) is 5.92 Å². The summed E-state index contributed by atoms with van der Waals surface area (Å²) in [6, 6.07) is 8.48. The Labute approximate surface area is 182 Å². The summed E-state index contributed by atoms with van der Waals surface area (Å²) >= 11 is 0. The van der Waals surface area contributed by atoms with Gasteiger partial charge >= 0.3 is 18.0 Å². The minimum atomic E-state index is -0.910. The first-order valence-corrected chi connectivity index (χ1v) is 10.3. The van der Waals surface area contributed by atoms with Gasteiger partial charge in [0.1, 0.15) is 12.6 Å². The minimum absolute atomic E-state index is 0.0973. The summed E-state index contributed by atoms with van der Waals surface area (Å²) in [5, 5.41) is 5.27. The highest BCUT2D eigenvalue weighted by Gasteiger charge is 2.27. The molecule has 1 aromatic rings. The number of amides is 2. The van der Waals surface area contributed by atoms with Crippen molar-refractivity contribution in [2.75, 3.05) is 20.8 Å². The molecular formula is C22H32N2O7. The molecule has 9 nitrogen and oxygen atoms in total. The van der Waals surface area contributed by atoms with E-state index in [4.69, 9.17) is 9.47 Å². The summed E-state index contributed by atoms with van der Waals surface area (Å²) in [4.78, 5) is 47.2. The Balaban J connectivity index is 2.20. The van der Waals surface area contributed by atoms with E-state index in [-0.39, 0.29) is 25.4 Å². The van der Waals surface area contributed by atoms with Gasteiger partial charge in [-0.3, -0.25) is 9.59 Å². The van der Waals surface area contributed by atoms with Gasteiger partial charge in [-0.1, -0.05) is 43.7 Å². The number of methoxy groups -OCH3 is 2. The SMILES string of the molecule is COC(=O)[C@H](C)C[C@H](NC(=O)CCCCCNC(=O)OCc1ccccc1)C(=O)OC. The molecule has 1 rings (SSSR count). The normalized spacial score (nSPS) is 12.2. The van der Waals surface area contributed by atoms with Crippen LogP contribution in [-0.4, -0.2) is 50.7 Å². The Morgan fingerprint density at radius 2 is 1.61 bits per heavy atom. The van der Waals surface area contributed by atoms with Crippen molar-refractivity contribution < 1.29 is 33.4 Å². The van der Waals surface area contributed by atoms with Gasteiger partial charge in [-0.2, -0.15) is 0 Å². The largest absolute Gasteiger partial charge is 0.469 e. The highest BCUT2D eigenvalue weighted by molar-refractivity contribution is 5.85. The molecule has 0 aliphatic heterocycles. The van der Waals surface area contributed by atoms with Crippen molar-refractivity contribution in [3.05, 3.63) is 35.9 Å². The molecule has 0 radical (unpaired) electrons. The lowest BCUT2D eigenvalue weighted by Crippen LogP contribution is -2.43. The summed E-state index contributed by atoms with van der Waals surface area (Å²) in [7, 11) is 2.49. The van der Waals surface area contributed by atoms with Crippen LogP contribution in [0.1, 0.15) is 44.6 Å². The van der Waals surface area contributed by atoms with Crippen LogP contribution in [0.15, 0.2) is 30.3 Å². The van der Waals surface area contributed by atoms with Crippen LogP contribution < -0.4 is 10.6 Å². The van der Waals surface area contributed by atoms with E-state index in [9.17, 15) is 19.2 Å². The summed E-state index contributed by atoms with van der Waals surface area (Å²) in [5.41, 5.74) is 0.912. The fourth-order valence-electron chi connectivity index (χ4n) is 2.83. The van der Waals surface area contributed by atoms with Gasteiger partial charge in [0, 0.05) is 13.0 Å². The number of hydrogen-bond donors (Lipinski definition) is 2. The molecule has 0 aromatic heterocycles. The van der Waals surface area contributed by atoms with Gasteiger partial charge in [0.15, 0.2) is 0 Å². The number of ether oxygens (including phenoxy) is 3. The van der Waals surface area contributed by atoms with Crippen molar-refractivity contribution in [2.45, 2.75) is 51.7 Å². The van der Waals surface area contributed by atoms with Crippen LogP contribution in [0.4, 0.5) is 4.79 Å². The third-order valence-corrected chi connectivity index (χ3v) is 4.58. The van der Waals surface area contributed by atoms with Gasteiger partial charge < -0.3 is 24.8 Å². The smallest absolute Gasteiger partial charge is 0.407 e. The predicted molar refractivity (Wildman–Crippen MR) is 113 cm³/mol. The van der Waals surface area contributed by atoms with Crippen LogP contribution in [-0.2, 0) is 35.2 Å². The average Bonchev–Trinajstić information content (AvgIpc) is 2.78. The molecular weight excluding hydrogens is 404 g/mol. The highest BCUT2D eigenvalue weighted by Crippen LogP contribution is 2.10. The second-order valence-corrected chi connectivity index (χ2v) is 7.10. The number of rotatable bonds is 13. The molecule has 2 amide bonds. The fraction of sp³-hybridized carbons (Fsp3) is 0.545. The van der Waals surface area contributed by atoms with Crippen LogP contribution in [0.2, 0.25) is 0 Å². The third kappa shape index (κ3) is 11.0. The first kappa shape index (κ1) is 25.9. The summed E-state index contributed by atoms with van der Waals surface area (Å²) in [6.07, 6.45) is 1.83. The topological polar surface area (TPSA) is 120 Å². The molecule has 0 spiro atoms. The molecule has 2 atom stereocenters. The molecule has 0 saturated carbocycles. The van der Waals surface area contributed by atoms with Crippen molar-refractivity contribution in [3.8, 4) is 0 Å². The maximum atomic E-state index is 12.1. The average molecular weight is 437 g/mol. The van der Waals surface area contributed by atoms with E-state index in [1.54, 1.807) is 6.92 Å². The predicted octanol–water partition coefficient (Wildman–Crippen LogP) is 2.33. The number of carbonyl (C=O) groups excluding carboxylic acids is 4. The number of esters is 2. The minimum Gasteiger partial charge on any atom is -0.469 e. The molecule has 0 unspecified atom stereocenters. The summed E-state index contributed by atoms with van der Waals surface area (Å²) in [6.45, 7) is 2.27. The molecule has 0 fully saturated rings. The Morgan fingerprint density at radius 3 is 2.26 bits per heavy atom. The zero-order chi connectivity index (χ0) is 23.1. The maximum Gasteiger partial charge on any atom is 0.407 e. The highest BCUT2D eigenvalue weighted by atomic mass is 16.5. The second kappa shape index (κ2) is 14.8. The van der Waals surface area contributed by atoms with Gasteiger partial charge in [0.25, 0.3) is 0 Å². The maximum absolute atomic E-state index is 12.1. The molecule has 0 aliphatic carbocycles. The van der Waals surface area contributed by atoms with Gasteiger partial charge in [-0.25, -0.2) is 9.59 Å². The Morgan fingerprint density at radius 1 is 0.935 bits per heavy atom. The van der Waals surface area contributed by atoms with E-state index < -0.39 is 30.0 Å². The lowest BCUT2D eigenvalue weighted by Gasteiger charge is -2.19. The number of benzene rings is 1. The standard InChI is InChI=1S/C22H32N2O7/c1-16(20(26)29-2)14-18(21(27)30-3)24-19(25)12-8-5-9-13-23-22(28)31-15-17-10-6-4-7-11-17/h4,6-7,10-11,16,18H,5,8-9,12-15H2,1-3H3,(H,23,28)(H,24,25)/t16-,18+/m1/s1. The van der Waals surface area contributed by atoms with Gasteiger partial charge in [-0.15, -0.1) is 0 Å². The molecule has 0 aliphatic rings. The summed E-state index contributed by atoms with van der Waals surface area (Å²) < 4.78 is 14.5. The molecule has 1 aromatic carbocycles. The molecule has 0 bridgehead atoms. The van der Waals surface area contributed by atoms with E-state index in [1.165, 1.54) is 14.2 Å². The van der Waals surface area contributed by atoms with E-state index in [0.717, 1.165) is 5.56 Å². The van der Waals surface area contributed by atoms with Gasteiger partial charge in [0.05, 0.1) is 20.1 Å². The molecule has 0 saturated heterocycles. The van der Waals surface area contributed by atoms with Crippen LogP contribution in [0.5, 0.6) is 0 Å². The van der Waals surface area contributed by atoms with Crippen molar-refractivity contribution in [3.63, 3.8) is 0 Å². The third-order valence-electron chi connectivity index (χ3n) is 4.58. The lowest BCUT2D eigenvalue weighted by molar-refractivity contribution is -0.148. The zero-order valence-electron chi connectivity index (χ0n) is 18.3. The van der Waals surface area contributed by atoms with Crippen LogP contribution in [0.3, 0.4) is 0 Å². The van der Waals surface area contributed by atoms with Crippen molar-refractivity contribution >= 4 is 23.9 Å². The molecule has 0 heterocycles. The lowest BCUT2D eigenvalue weighted by atomic mass is 10.0. The number of alkyl carbamates (subject to hydrolysis) is 1. The number of carbonyl (C=O) groups is 4. The first-order chi connectivity index (χ1) is 14.9. The van der Waals surface area contributed by atoms with E-state index in [0.29, 0.717) is 25.8 Å². The zero-order valence-corrected chi connectivity index (χ0v) is 18.3. The van der Waals surface area contributed by atoms with E-state index >= 15 is 0 Å². The quantitative estimate of drug-likeness (QED) is 0.277. The fourth-order valence-corrected chi connectivity index (χ4v) is 2.83. The second-order valence-electron chi connectivity index (χ2n) is 7.10. The van der Waals surface area contributed by atoms with E-state index in [2.05, 4.69) is 15.4 Å². The first-order valence-electron chi connectivity index (χ1n) is 10.3. The number of hydrogen-bond acceptors (Lipinski definition) is 7. The van der Waals surface area contributed by atoms with Crippen molar-refractivity contribution in [1.82, 2.24) is 10.6 Å². The molecule has 9 heteroatoms. The monoisotopic (exact) mass is 436 g/mol. The molecule has 2 N–H and O–H groups in total. The van der Waals surface area contributed by atoms with Crippen LogP contribution in [0, 0.1) is 5.92 Å².